The van der Waals surface area contributed by atoms with Gasteiger partial charge in [0, 0.05) is 6.54 Å². The molecule has 0 bridgehead atoms. The molecular weight excluding hydrogens is 208 g/mol. The van der Waals surface area contributed by atoms with Crippen molar-refractivity contribution in [2.45, 2.75) is 26.8 Å². The van der Waals surface area contributed by atoms with Crippen molar-refractivity contribution in [1.82, 2.24) is 10.2 Å². The molecule has 1 atom stereocenters. The maximum absolute atomic E-state index is 11.6. The first-order chi connectivity index (χ1) is 7.38. The molecule has 0 aromatic heterocycles. The molecule has 5 heteroatoms. The second kappa shape index (κ2) is 7.35. The van der Waals surface area contributed by atoms with Crippen molar-refractivity contribution >= 4 is 11.7 Å². The molecule has 0 aliphatic carbocycles. The van der Waals surface area contributed by atoms with Gasteiger partial charge in [0.05, 0.1) is 19.2 Å². The molecule has 2 N–H and O–H groups in total. The number of amides is 1. The summed E-state index contributed by atoms with van der Waals surface area (Å²) in [4.78, 5) is 24.5. The Morgan fingerprint density at radius 3 is 2.31 bits per heavy atom. The van der Waals surface area contributed by atoms with E-state index in [0.29, 0.717) is 6.54 Å². The van der Waals surface area contributed by atoms with Gasteiger partial charge in [-0.3, -0.25) is 14.5 Å². The Balaban J connectivity index is 4.15. The van der Waals surface area contributed by atoms with E-state index in [1.807, 2.05) is 13.8 Å². The van der Waals surface area contributed by atoms with Crippen molar-refractivity contribution in [3.63, 3.8) is 0 Å². The lowest BCUT2D eigenvalue weighted by Crippen LogP contribution is -2.47. The van der Waals surface area contributed by atoms with Gasteiger partial charge in [0.2, 0.25) is 5.91 Å². The van der Waals surface area contributed by atoms with Crippen LogP contribution in [0.3, 0.4) is 0 Å². The van der Waals surface area contributed by atoms with Crippen LogP contribution in [0.2, 0.25) is 0 Å². The van der Waals surface area contributed by atoms with Gasteiger partial charge in [-0.25, -0.2) is 0 Å². The van der Waals surface area contributed by atoms with Crippen LogP contribution in [0.25, 0.3) is 0 Å². The number of ketones is 1. The lowest BCUT2D eigenvalue weighted by Gasteiger charge is -2.21. The first-order valence-electron chi connectivity index (χ1n) is 5.47. The summed E-state index contributed by atoms with van der Waals surface area (Å²) in [6.45, 7) is 5.91. The number of likely N-dealkylation sites (N-methyl/N-ethyl adjacent to an activating group) is 1. The number of nitrogens with zero attached hydrogens (tertiary/aromatic N) is 1. The lowest BCUT2D eigenvalue weighted by molar-refractivity contribution is -0.128. The number of rotatable bonds is 7. The molecular formula is C11H22N2O3. The Hall–Kier alpha value is -0.940. The Bertz CT molecular complexity index is 241. The molecule has 0 aromatic rings. The van der Waals surface area contributed by atoms with Crippen LogP contribution in [0, 0.1) is 5.92 Å². The standard InChI is InChI=1S/C11H22N2O3/c1-8(2)11(9(3)15)12-10(16)7-13(4)5-6-14/h8,11,14H,5-7H2,1-4H3,(H,12,16). The van der Waals surface area contributed by atoms with Gasteiger partial charge >= 0.3 is 0 Å². The molecule has 1 unspecified atom stereocenters. The van der Waals surface area contributed by atoms with Crippen molar-refractivity contribution in [3.8, 4) is 0 Å². The summed E-state index contributed by atoms with van der Waals surface area (Å²) < 4.78 is 0. The lowest BCUT2D eigenvalue weighted by atomic mass is 10.0. The summed E-state index contributed by atoms with van der Waals surface area (Å²) in [5.74, 6) is -0.136. The Morgan fingerprint density at radius 2 is 1.94 bits per heavy atom. The first-order valence-corrected chi connectivity index (χ1v) is 5.47. The molecule has 94 valence electrons. The zero-order valence-electron chi connectivity index (χ0n) is 10.5. The minimum absolute atomic E-state index is 0.0180. The maximum Gasteiger partial charge on any atom is 0.234 e. The van der Waals surface area contributed by atoms with Gasteiger partial charge in [0.15, 0.2) is 5.78 Å². The van der Waals surface area contributed by atoms with E-state index in [2.05, 4.69) is 5.32 Å². The summed E-state index contributed by atoms with van der Waals surface area (Å²) >= 11 is 0. The molecule has 1 amide bonds. The monoisotopic (exact) mass is 230 g/mol. The van der Waals surface area contributed by atoms with E-state index in [9.17, 15) is 9.59 Å². The predicted octanol–water partition coefficient (Wildman–Crippen LogP) is -0.360. The molecule has 0 fully saturated rings. The number of aliphatic hydroxyl groups is 1. The summed E-state index contributed by atoms with van der Waals surface area (Å²) in [5, 5.41) is 11.4. The summed E-state index contributed by atoms with van der Waals surface area (Å²) in [6, 6.07) is -0.421. The highest BCUT2D eigenvalue weighted by Crippen LogP contribution is 2.02. The first kappa shape index (κ1) is 15.1. The van der Waals surface area contributed by atoms with Crippen molar-refractivity contribution in [1.29, 1.82) is 0 Å². The number of aliphatic hydroxyl groups excluding tert-OH is 1. The van der Waals surface area contributed by atoms with Gasteiger partial charge in [0.1, 0.15) is 0 Å². The highest BCUT2D eigenvalue weighted by atomic mass is 16.3. The number of Topliss-reactive ketones (excluding diaryl/α,β-unsaturated/α-hetero) is 1. The van der Waals surface area contributed by atoms with E-state index >= 15 is 0 Å². The smallest absolute Gasteiger partial charge is 0.234 e. The Kier molecular flexibility index (Phi) is 6.92. The molecule has 0 radical (unpaired) electrons. The van der Waals surface area contributed by atoms with Gasteiger partial charge < -0.3 is 10.4 Å². The second-order valence-corrected chi connectivity index (χ2v) is 4.36. The molecule has 0 saturated carbocycles. The number of carbonyl (C=O) groups excluding carboxylic acids is 2. The predicted molar refractivity (Wildman–Crippen MR) is 62.0 cm³/mol. The minimum atomic E-state index is -0.421. The topological polar surface area (TPSA) is 69.6 Å². The van der Waals surface area contributed by atoms with E-state index in [1.165, 1.54) is 6.92 Å². The molecule has 0 heterocycles. The van der Waals surface area contributed by atoms with E-state index in [0.717, 1.165) is 0 Å². The molecule has 0 aliphatic rings. The second-order valence-electron chi connectivity index (χ2n) is 4.36. The number of hydrogen-bond acceptors (Lipinski definition) is 4. The molecule has 0 aromatic carbocycles. The average molecular weight is 230 g/mol. The van der Waals surface area contributed by atoms with Gasteiger partial charge in [0.25, 0.3) is 0 Å². The third kappa shape index (κ3) is 5.82. The van der Waals surface area contributed by atoms with Crippen LogP contribution in [-0.4, -0.2) is 54.5 Å². The van der Waals surface area contributed by atoms with Gasteiger partial charge in [-0.2, -0.15) is 0 Å². The quantitative estimate of drug-likeness (QED) is 0.626. The van der Waals surface area contributed by atoms with Gasteiger partial charge in [-0.05, 0) is 19.9 Å². The van der Waals surface area contributed by atoms with Gasteiger partial charge in [-0.15, -0.1) is 0 Å². The summed E-state index contributed by atoms with van der Waals surface area (Å²) in [6.07, 6.45) is 0. The molecule has 5 nitrogen and oxygen atoms in total. The van der Waals surface area contributed by atoms with Crippen LogP contribution >= 0.6 is 0 Å². The summed E-state index contributed by atoms with van der Waals surface area (Å²) in [5.41, 5.74) is 0. The SMILES string of the molecule is CC(=O)C(NC(=O)CN(C)CCO)C(C)C. The third-order valence-corrected chi connectivity index (χ3v) is 2.32. The van der Waals surface area contributed by atoms with Crippen LogP contribution in [0.1, 0.15) is 20.8 Å². The number of nitrogens with one attached hydrogen (secondary N) is 1. The van der Waals surface area contributed by atoms with E-state index in [-0.39, 0.29) is 30.8 Å². The summed E-state index contributed by atoms with van der Waals surface area (Å²) in [7, 11) is 1.74. The van der Waals surface area contributed by atoms with Crippen LogP contribution in [0.5, 0.6) is 0 Å². The molecule has 0 rings (SSSR count). The third-order valence-electron chi connectivity index (χ3n) is 2.32. The van der Waals surface area contributed by atoms with Crippen molar-refractivity contribution < 1.29 is 14.7 Å². The largest absolute Gasteiger partial charge is 0.395 e. The molecule has 0 saturated heterocycles. The maximum atomic E-state index is 11.6. The van der Waals surface area contributed by atoms with E-state index in [1.54, 1.807) is 11.9 Å². The van der Waals surface area contributed by atoms with Crippen LogP contribution in [-0.2, 0) is 9.59 Å². The average Bonchev–Trinajstić information content (AvgIpc) is 2.13. The highest BCUT2D eigenvalue weighted by Gasteiger charge is 2.20. The minimum Gasteiger partial charge on any atom is -0.395 e. The fraction of sp³-hybridized carbons (Fsp3) is 0.818. The van der Waals surface area contributed by atoms with Crippen LogP contribution in [0.15, 0.2) is 0 Å². The number of hydrogen-bond donors (Lipinski definition) is 2. The molecule has 16 heavy (non-hydrogen) atoms. The number of carbonyl (C=O) groups is 2. The van der Waals surface area contributed by atoms with Gasteiger partial charge in [-0.1, -0.05) is 13.8 Å². The van der Waals surface area contributed by atoms with Crippen LogP contribution in [0.4, 0.5) is 0 Å². The van der Waals surface area contributed by atoms with Crippen molar-refractivity contribution in [3.05, 3.63) is 0 Å². The van der Waals surface area contributed by atoms with E-state index in [4.69, 9.17) is 5.11 Å². The van der Waals surface area contributed by atoms with E-state index < -0.39 is 6.04 Å². The normalized spacial score (nSPS) is 12.9. The van der Waals surface area contributed by atoms with Crippen LogP contribution < -0.4 is 5.32 Å². The Labute approximate surface area is 96.8 Å². The van der Waals surface area contributed by atoms with Crippen molar-refractivity contribution in [2.75, 3.05) is 26.7 Å². The zero-order valence-corrected chi connectivity index (χ0v) is 10.5. The molecule has 0 aliphatic heterocycles. The fourth-order valence-corrected chi connectivity index (χ4v) is 1.45. The Morgan fingerprint density at radius 1 is 1.38 bits per heavy atom. The van der Waals surface area contributed by atoms with Crippen molar-refractivity contribution in [2.24, 2.45) is 5.92 Å². The highest BCUT2D eigenvalue weighted by molar-refractivity contribution is 5.88. The molecule has 0 spiro atoms. The zero-order chi connectivity index (χ0) is 12.7. The fourth-order valence-electron chi connectivity index (χ4n) is 1.45.